The summed E-state index contributed by atoms with van der Waals surface area (Å²) in [4.78, 5) is 4.53. The second-order valence-corrected chi connectivity index (χ2v) is 7.00. The second kappa shape index (κ2) is 6.45. The number of aromatic nitrogens is 1. The van der Waals surface area contributed by atoms with E-state index in [0.717, 1.165) is 29.2 Å². The molecule has 2 aromatic rings. The lowest BCUT2D eigenvalue weighted by Crippen LogP contribution is -2.17. The Balaban J connectivity index is 1.80. The van der Waals surface area contributed by atoms with E-state index >= 15 is 0 Å². The number of primary sulfonamides is 1. The maximum Gasteiger partial charge on any atom is 0.238 e. The predicted molar refractivity (Wildman–Crippen MR) is 80.1 cm³/mol. The molecule has 20 heavy (non-hydrogen) atoms. The van der Waals surface area contributed by atoms with Crippen molar-refractivity contribution in [3.8, 4) is 0 Å². The van der Waals surface area contributed by atoms with Gasteiger partial charge >= 0.3 is 0 Å². The molecule has 108 valence electrons. The first-order chi connectivity index (χ1) is 9.45. The molecule has 2 rings (SSSR count). The number of nitrogens with one attached hydrogen (secondary N) is 1. The molecule has 0 atom stereocenters. The average molecular weight is 311 g/mol. The van der Waals surface area contributed by atoms with E-state index in [1.807, 2.05) is 12.3 Å². The maximum absolute atomic E-state index is 11.1. The highest BCUT2D eigenvalue weighted by atomic mass is 32.2. The highest BCUT2D eigenvalue weighted by Crippen LogP contribution is 2.10. The molecular formula is C13H17N3O2S2. The molecule has 0 amide bonds. The fraction of sp³-hybridized carbons (Fsp3) is 0.308. The number of nitrogens with zero attached hydrogens (tertiary/aromatic N) is 1. The lowest BCUT2D eigenvalue weighted by molar-refractivity contribution is 0.597. The molecule has 0 saturated heterocycles. The van der Waals surface area contributed by atoms with Crippen LogP contribution >= 0.6 is 11.3 Å². The molecule has 0 radical (unpaired) electrons. The van der Waals surface area contributed by atoms with Crippen molar-refractivity contribution in [3.63, 3.8) is 0 Å². The monoisotopic (exact) mass is 311 g/mol. The molecule has 0 aliphatic rings. The molecule has 7 heteroatoms. The fourth-order valence-corrected chi connectivity index (χ4v) is 3.03. The minimum absolute atomic E-state index is 0.138. The highest BCUT2D eigenvalue weighted by molar-refractivity contribution is 7.89. The Labute approximate surface area is 122 Å². The molecule has 0 spiro atoms. The van der Waals surface area contributed by atoms with Gasteiger partial charge in [-0.1, -0.05) is 12.1 Å². The number of nitrogens with two attached hydrogens (primary N) is 1. The summed E-state index contributed by atoms with van der Waals surface area (Å²) < 4.78 is 22.2. The van der Waals surface area contributed by atoms with Crippen LogP contribution in [0.3, 0.4) is 0 Å². The second-order valence-electron chi connectivity index (χ2n) is 4.50. The van der Waals surface area contributed by atoms with Crippen LogP contribution < -0.4 is 10.5 Å². The van der Waals surface area contributed by atoms with Crippen LogP contribution in [0, 0.1) is 6.92 Å². The minimum atomic E-state index is -3.61. The van der Waals surface area contributed by atoms with Crippen molar-refractivity contribution in [2.75, 3.05) is 6.54 Å². The lowest BCUT2D eigenvalue weighted by Gasteiger charge is -2.04. The first-order valence-corrected chi connectivity index (χ1v) is 8.61. The fourth-order valence-electron chi connectivity index (χ4n) is 1.74. The van der Waals surface area contributed by atoms with Gasteiger partial charge in [0.2, 0.25) is 10.0 Å². The van der Waals surface area contributed by atoms with Gasteiger partial charge < -0.3 is 5.32 Å². The summed E-state index contributed by atoms with van der Waals surface area (Å²) >= 11 is 1.67. The smallest absolute Gasteiger partial charge is 0.238 e. The molecule has 1 aromatic heterocycles. The Morgan fingerprint density at radius 3 is 2.55 bits per heavy atom. The Bertz CT molecular complexity index is 663. The molecule has 0 unspecified atom stereocenters. The molecule has 0 saturated carbocycles. The topological polar surface area (TPSA) is 85.1 Å². The number of rotatable bonds is 6. The predicted octanol–water partition coefficient (Wildman–Crippen LogP) is 1.43. The van der Waals surface area contributed by atoms with Crippen molar-refractivity contribution in [1.29, 1.82) is 0 Å². The van der Waals surface area contributed by atoms with Gasteiger partial charge in [-0.05, 0) is 24.6 Å². The van der Waals surface area contributed by atoms with E-state index in [-0.39, 0.29) is 4.90 Å². The summed E-state index contributed by atoms with van der Waals surface area (Å²) in [6, 6.07) is 6.58. The Morgan fingerprint density at radius 2 is 2.00 bits per heavy atom. The van der Waals surface area contributed by atoms with Crippen molar-refractivity contribution in [2.24, 2.45) is 5.14 Å². The molecule has 3 N–H and O–H groups in total. The van der Waals surface area contributed by atoms with Crippen LogP contribution in [-0.2, 0) is 23.0 Å². The summed E-state index contributed by atoms with van der Waals surface area (Å²) in [6.07, 6.45) is 0.897. The standard InChI is InChI=1S/C13H17N3O2S2/c1-10-9-19-13(16-10)6-7-15-8-11-2-4-12(5-3-11)20(14,17)18/h2-5,9,15H,6-8H2,1H3,(H2,14,17,18). The first kappa shape index (κ1) is 15.1. The van der Waals surface area contributed by atoms with Gasteiger partial charge in [0.05, 0.1) is 9.90 Å². The summed E-state index contributed by atoms with van der Waals surface area (Å²) in [5, 5.41) is 11.5. The van der Waals surface area contributed by atoms with E-state index in [1.165, 1.54) is 12.1 Å². The van der Waals surface area contributed by atoms with Gasteiger partial charge in [0, 0.05) is 30.6 Å². The van der Waals surface area contributed by atoms with Crippen LogP contribution in [0.5, 0.6) is 0 Å². The lowest BCUT2D eigenvalue weighted by atomic mass is 10.2. The quantitative estimate of drug-likeness (QED) is 0.790. The van der Waals surface area contributed by atoms with Crippen LogP contribution in [0.25, 0.3) is 0 Å². The first-order valence-electron chi connectivity index (χ1n) is 6.18. The molecule has 0 aliphatic heterocycles. The number of sulfonamides is 1. The number of thiazole rings is 1. The van der Waals surface area contributed by atoms with Crippen molar-refractivity contribution in [1.82, 2.24) is 10.3 Å². The van der Waals surface area contributed by atoms with Crippen molar-refractivity contribution in [2.45, 2.75) is 24.8 Å². The molecule has 1 aromatic carbocycles. The van der Waals surface area contributed by atoms with Crippen molar-refractivity contribution < 1.29 is 8.42 Å². The maximum atomic E-state index is 11.1. The molecule has 5 nitrogen and oxygen atoms in total. The summed E-state index contributed by atoms with van der Waals surface area (Å²) in [7, 11) is -3.61. The van der Waals surface area contributed by atoms with Crippen molar-refractivity contribution in [3.05, 3.63) is 45.9 Å². The van der Waals surface area contributed by atoms with E-state index in [2.05, 4.69) is 10.3 Å². The van der Waals surface area contributed by atoms with Gasteiger partial charge in [-0.2, -0.15) is 0 Å². The number of hydrogen-bond acceptors (Lipinski definition) is 5. The Kier molecular flexibility index (Phi) is 4.87. The number of benzene rings is 1. The van der Waals surface area contributed by atoms with E-state index in [1.54, 1.807) is 23.5 Å². The molecule has 0 bridgehead atoms. The third kappa shape index (κ3) is 4.38. The average Bonchev–Trinajstić information content (AvgIpc) is 2.80. The zero-order chi connectivity index (χ0) is 14.6. The zero-order valence-corrected chi connectivity index (χ0v) is 12.8. The summed E-state index contributed by atoms with van der Waals surface area (Å²) in [6.45, 7) is 3.51. The molecule has 0 fully saturated rings. The Morgan fingerprint density at radius 1 is 1.30 bits per heavy atom. The third-order valence-electron chi connectivity index (χ3n) is 2.76. The van der Waals surface area contributed by atoms with Crippen LogP contribution in [0.2, 0.25) is 0 Å². The van der Waals surface area contributed by atoms with Crippen LogP contribution in [0.4, 0.5) is 0 Å². The van der Waals surface area contributed by atoms with Gasteiger partial charge in [0.25, 0.3) is 0 Å². The zero-order valence-electron chi connectivity index (χ0n) is 11.2. The number of hydrogen-bond donors (Lipinski definition) is 2. The Hall–Kier alpha value is -1.28. The van der Waals surface area contributed by atoms with Crippen LogP contribution in [0.1, 0.15) is 16.3 Å². The van der Waals surface area contributed by atoms with Crippen molar-refractivity contribution >= 4 is 21.4 Å². The van der Waals surface area contributed by atoms with Gasteiger partial charge in [-0.15, -0.1) is 11.3 Å². The van der Waals surface area contributed by atoms with Gasteiger partial charge in [-0.25, -0.2) is 18.5 Å². The van der Waals surface area contributed by atoms with Crippen LogP contribution in [-0.4, -0.2) is 19.9 Å². The van der Waals surface area contributed by atoms with Crippen LogP contribution in [0.15, 0.2) is 34.5 Å². The summed E-state index contributed by atoms with van der Waals surface area (Å²) in [5.74, 6) is 0. The van der Waals surface area contributed by atoms with Gasteiger partial charge in [0.1, 0.15) is 0 Å². The third-order valence-corrected chi connectivity index (χ3v) is 4.72. The SMILES string of the molecule is Cc1csc(CCNCc2ccc(S(N)(=O)=O)cc2)n1. The number of aryl methyl sites for hydroxylation is 1. The molecule has 0 aliphatic carbocycles. The minimum Gasteiger partial charge on any atom is -0.312 e. The van der Waals surface area contributed by atoms with E-state index < -0.39 is 10.0 Å². The van der Waals surface area contributed by atoms with E-state index in [4.69, 9.17) is 5.14 Å². The molecule has 1 heterocycles. The highest BCUT2D eigenvalue weighted by Gasteiger charge is 2.06. The van der Waals surface area contributed by atoms with E-state index in [0.29, 0.717) is 6.54 Å². The normalized spacial score (nSPS) is 11.7. The van der Waals surface area contributed by atoms with Gasteiger partial charge in [0.15, 0.2) is 0 Å². The van der Waals surface area contributed by atoms with E-state index in [9.17, 15) is 8.42 Å². The molecular weight excluding hydrogens is 294 g/mol. The van der Waals surface area contributed by atoms with Gasteiger partial charge in [-0.3, -0.25) is 0 Å². The largest absolute Gasteiger partial charge is 0.312 e. The summed E-state index contributed by atoms with van der Waals surface area (Å²) in [5.41, 5.74) is 2.08.